The van der Waals surface area contributed by atoms with Gasteiger partial charge in [0.15, 0.2) is 0 Å². The lowest BCUT2D eigenvalue weighted by Gasteiger charge is -2.33. The summed E-state index contributed by atoms with van der Waals surface area (Å²) in [5.74, 6) is 0. The Morgan fingerprint density at radius 3 is 2.37 bits per heavy atom. The Morgan fingerprint density at radius 2 is 1.77 bits per heavy atom. The number of hydrogen-bond donors (Lipinski definition) is 1. The highest BCUT2D eigenvalue weighted by molar-refractivity contribution is 9.10. The molecule has 0 spiro atoms. The Labute approximate surface area is 219 Å². The lowest BCUT2D eigenvalue weighted by molar-refractivity contribution is -0.119. The van der Waals surface area contributed by atoms with E-state index in [4.69, 9.17) is 0 Å². The number of carbonyl (C=O) groups excluding carboxylic acids is 1. The first kappa shape index (κ1) is 27.4. The number of nitrogens with one attached hydrogen (secondary N) is 1. The van der Waals surface area contributed by atoms with E-state index in [0.717, 1.165) is 74.4 Å². The van der Waals surface area contributed by atoms with Gasteiger partial charge < -0.3 is 19.9 Å². The molecule has 1 unspecified atom stereocenters. The summed E-state index contributed by atoms with van der Waals surface area (Å²) >= 11 is 3.60. The summed E-state index contributed by atoms with van der Waals surface area (Å²) in [6, 6.07) is 15.1. The fourth-order valence-corrected chi connectivity index (χ4v) is 4.83. The second-order valence-corrected chi connectivity index (χ2v) is 9.98. The number of piperazine rings is 1. The molecule has 1 N–H and O–H groups in total. The average molecular weight is 544 g/mol. The first-order valence-electron chi connectivity index (χ1n) is 12.4. The predicted octanol–water partition coefficient (Wildman–Crippen LogP) is 4.88. The van der Waals surface area contributed by atoms with Gasteiger partial charge in [0.2, 0.25) is 6.41 Å². The normalized spacial score (nSPS) is 18.9. The molecular weight excluding hydrogens is 504 g/mol. The number of carbonyl (C=O) groups is 1. The van der Waals surface area contributed by atoms with E-state index in [9.17, 15) is 4.79 Å². The van der Waals surface area contributed by atoms with Crippen molar-refractivity contribution >= 4 is 33.6 Å². The molecule has 2 aromatic rings. The summed E-state index contributed by atoms with van der Waals surface area (Å²) in [5, 5.41) is 3.30. The maximum absolute atomic E-state index is 11.8. The zero-order valence-electron chi connectivity index (χ0n) is 21.5. The van der Waals surface area contributed by atoms with E-state index in [-0.39, 0.29) is 6.04 Å². The molecule has 1 atom stereocenters. The van der Waals surface area contributed by atoms with Crippen molar-refractivity contribution < 1.29 is 9.53 Å². The second-order valence-electron chi connectivity index (χ2n) is 9.07. The van der Waals surface area contributed by atoms with Crippen molar-refractivity contribution in [3.63, 3.8) is 0 Å². The van der Waals surface area contributed by atoms with Gasteiger partial charge in [-0.1, -0.05) is 46.3 Å². The van der Waals surface area contributed by atoms with Gasteiger partial charge in [-0.2, -0.15) is 0 Å². The zero-order valence-corrected chi connectivity index (χ0v) is 23.1. The van der Waals surface area contributed by atoms with Crippen LogP contribution in [0.5, 0.6) is 0 Å². The Kier molecular flexibility index (Phi) is 10.8. The molecule has 2 aliphatic rings. The number of nitrogens with zero attached hydrogens (tertiary/aromatic N) is 3. The topological polar surface area (TPSA) is 48.1 Å². The van der Waals surface area contributed by atoms with Crippen LogP contribution in [0.15, 0.2) is 53.0 Å². The molecule has 35 heavy (non-hydrogen) atoms. The first-order valence-corrected chi connectivity index (χ1v) is 13.2. The number of hydrogen-bond acceptors (Lipinski definition) is 5. The molecule has 2 aromatic carbocycles. The van der Waals surface area contributed by atoms with Crippen LogP contribution in [0.3, 0.4) is 0 Å². The maximum Gasteiger partial charge on any atom is 0.210 e. The van der Waals surface area contributed by atoms with Gasteiger partial charge in [0.05, 0.1) is 6.04 Å². The molecule has 6 nitrogen and oxygen atoms in total. The smallest absolute Gasteiger partial charge is 0.210 e. The molecule has 2 aliphatic heterocycles. The monoisotopic (exact) mass is 542 g/mol. The van der Waals surface area contributed by atoms with Gasteiger partial charge in [-0.3, -0.25) is 9.69 Å². The highest BCUT2D eigenvalue weighted by Gasteiger charge is 2.24. The molecule has 0 saturated carbocycles. The van der Waals surface area contributed by atoms with Crippen molar-refractivity contribution in [2.45, 2.75) is 25.9 Å². The number of ether oxygens (including phenoxy) is 1. The van der Waals surface area contributed by atoms with Crippen LogP contribution in [-0.2, 0) is 16.1 Å². The van der Waals surface area contributed by atoms with Gasteiger partial charge in [-0.05, 0) is 55.3 Å². The van der Waals surface area contributed by atoms with Crippen molar-refractivity contribution in [1.29, 1.82) is 0 Å². The first-order chi connectivity index (χ1) is 17.0. The van der Waals surface area contributed by atoms with E-state index in [1.54, 1.807) is 7.11 Å². The molecule has 0 aliphatic carbocycles. The van der Waals surface area contributed by atoms with E-state index >= 15 is 0 Å². The number of rotatable bonds is 7. The number of anilines is 1. The van der Waals surface area contributed by atoms with Gasteiger partial charge in [-0.25, -0.2) is 0 Å². The minimum absolute atomic E-state index is 0.0392. The van der Waals surface area contributed by atoms with Crippen LogP contribution in [0.1, 0.15) is 36.1 Å². The summed E-state index contributed by atoms with van der Waals surface area (Å²) in [4.78, 5) is 18.6. The molecule has 0 bridgehead atoms. The number of amides is 1. The average Bonchev–Trinajstić information content (AvgIpc) is 2.90. The van der Waals surface area contributed by atoms with E-state index in [0.29, 0.717) is 0 Å². The molecule has 1 amide bonds. The van der Waals surface area contributed by atoms with Crippen molar-refractivity contribution in [3.8, 4) is 0 Å². The Hall–Kier alpha value is -2.19. The lowest BCUT2D eigenvalue weighted by Crippen LogP contribution is -2.43. The molecule has 190 valence electrons. The quantitative estimate of drug-likeness (QED) is 0.505. The number of likely N-dealkylation sites (N-methyl/N-ethyl adjacent to an activating group) is 1. The predicted molar refractivity (Wildman–Crippen MR) is 149 cm³/mol. The van der Waals surface area contributed by atoms with Crippen LogP contribution in [-0.4, -0.2) is 81.6 Å². The van der Waals surface area contributed by atoms with Crippen LogP contribution < -0.4 is 5.32 Å². The Balaban J connectivity index is 0.000000795. The third-order valence-electron chi connectivity index (χ3n) is 6.70. The summed E-state index contributed by atoms with van der Waals surface area (Å²) in [6.07, 6.45) is 4.08. The van der Waals surface area contributed by atoms with Gasteiger partial charge in [0.25, 0.3) is 0 Å². The number of methoxy groups -OCH3 is 1. The van der Waals surface area contributed by atoms with E-state index in [1.807, 2.05) is 24.9 Å². The number of halogens is 1. The van der Waals surface area contributed by atoms with Gasteiger partial charge in [0, 0.05) is 75.8 Å². The molecule has 1 fully saturated rings. The fraction of sp³-hybridized carbons (Fsp3) is 0.464. The summed E-state index contributed by atoms with van der Waals surface area (Å²) in [6.45, 7) is 8.98. The lowest BCUT2D eigenvalue weighted by atomic mass is 9.91. The summed E-state index contributed by atoms with van der Waals surface area (Å²) in [5.41, 5.74) is 6.06. The molecule has 2 heterocycles. The van der Waals surface area contributed by atoms with E-state index in [2.05, 4.69) is 85.3 Å². The number of benzene rings is 2. The molecular formula is C28H39BrN4O2. The third-order valence-corrected chi connectivity index (χ3v) is 7.19. The fourth-order valence-electron chi connectivity index (χ4n) is 4.47. The van der Waals surface area contributed by atoms with Crippen molar-refractivity contribution in [2.75, 3.05) is 65.9 Å². The van der Waals surface area contributed by atoms with Crippen molar-refractivity contribution in [1.82, 2.24) is 14.7 Å². The van der Waals surface area contributed by atoms with Crippen LogP contribution in [0.25, 0.3) is 5.57 Å². The molecule has 4 rings (SSSR count). The van der Waals surface area contributed by atoms with Gasteiger partial charge >= 0.3 is 0 Å². The Morgan fingerprint density at radius 1 is 1.09 bits per heavy atom. The second kappa shape index (κ2) is 13.8. The zero-order chi connectivity index (χ0) is 25.2. The molecule has 0 aromatic heterocycles. The maximum atomic E-state index is 11.8. The van der Waals surface area contributed by atoms with Crippen LogP contribution in [0.4, 0.5) is 5.69 Å². The molecule has 0 radical (unpaired) electrons. The van der Waals surface area contributed by atoms with E-state index in [1.165, 1.54) is 16.7 Å². The highest BCUT2D eigenvalue weighted by Crippen LogP contribution is 2.36. The van der Waals surface area contributed by atoms with Gasteiger partial charge in [0.1, 0.15) is 0 Å². The summed E-state index contributed by atoms with van der Waals surface area (Å²) < 4.78 is 5.60. The van der Waals surface area contributed by atoms with Crippen molar-refractivity contribution in [3.05, 3.63) is 69.7 Å². The minimum atomic E-state index is -0.0392. The standard InChI is InChI=1S/C25H31BrN4O.C3H8O/c1-27-24-8-7-22(26)16-23(24)21-9-10-30(18-31)25(15-21)20-5-3-19(4-6-20)17-29-13-11-28(2)12-14-29;1-3-4-2/h3-8,15-16,18,25,27H,9-14,17H2,1-2H3;3H2,1-2H3. The van der Waals surface area contributed by atoms with Crippen molar-refractivity contribution in [2.24, 2.45) is 0 Å². The summed E-state index contributed by atoms with van der Waals surface area (Å²) in [7, 11) is 5.81. The largest absolute Gasteiger partial charge is 0.388 e. The highest BCUT2D eigenvalue weighted by atomic mass is 79.9. The SMILES string of the molecule is CCOC.CNc1ccc(Br)cc1C1=CC(c2ccc(CN3CCN(C)CC3)cc2)N(C=O)CC1. The molecule has 7 heteroatoms. The van der Waals surface area contributed by atoms with Crippen LogP contribution >= 0.6 is 15.9 Å². The van der Waals surface area contributed by atoms with Crippen LogP contribution in [0.2, 0.25) is 0 Å². The molecule has 1 saturated heterocycles. The Bertz CT molecular complexity index is 969. The minimum Gasteiger partial charge on any atom is -0.388 e. The third kappa shape index (κ3) is 7.64. The van der Waals surface area contributed by atoms with Crippen LogP contribution in [0, 0.1) is 0 Å². The van der Waals surface area contributed by atoms with E-state index < -0.39 is 0 Å². The van der Waals surface area contributed by atoms with Gasteiger partial charge in [-0.15, -0.1) is 0 Å².